The topological polar surface area (TPSA) is 62.9 Å². The summed E-state index contributed by atoms with van der Waals surface area (Å²) >= 11 is 0. The van der Waals surface area contributed by atoms with Crippen LogP contribution in [0, 0.1) is 0 Å². The van der Waals surface area contributed by atoms with Gasteiger partial charge in [-0.25, -0.2) is 0 Å². The molecule has 0 spiro atoms. The smallest absolute Gasteiger partial charge is 0.161 e. The summed E-state index contributed by atoms with van der Waals surface area (Å²) in [6.45, 7) is 1.74. The largest absolute Gasteiger partial charge is 0.493 e. The van der Waals surface area contributed by atoms with Crippen LogP contribution in [0.2, 0.25) is 0 Å². The van der Waals surface area contributed by atoms with Crippen molar-refractivity contribution in [1.82, 2.24) is 0 Å². The highest BCUT2D eigenvalue weighted by atomic mass is 16.6. The molecule has 2 aromatic carbocycles. The summed E-state index contributed by atoms with van der Waals surface area (Å²) in [4.78, 5) is 0. The first-order chi connectivity index (χ1) is 11.7. The zero-order valence-corrected chi connectivity index (χ0v) is 14.1. The molecule has 0 saturated heterocycles. The van der Waals surface area contributed by atoms with Crippen LogP contribution in [0.4, 0.5) is 0 Å². The molecule has 1 heterocycles. The molecule has 0 radical (unpaired) electrons. The summed E-state index contributed by atoms with van der Waals surface area (Å²) < 4.78 is 21.9. The van der Waals surface area contributed by atoms with Gasteiger partial charge in [0, 0.05) is 5.92 Å². The van der Waals surface area contributed by atoms with E-state index < -0.39 is 0 Å². The van der Waals surface area contributed by atoms with Crippen molar-refractivity contribution < 1.29 is 18.9 Å². The Bertz CT molecular complexity index is 702. The second kappa shape index (κ2) is 7.45. The maximum Gasteiger partial charge on any atom is 0.161 e. The second-order valence-electron chi connectivity index (χ2n) is 5.73. The average molecular weight is 329 g/mol. The van der Waals surface area contributed by atoms with Gasteiger partial charge >= 0.3 is 0 Å². The van der Waals surface area contributed by atoms with Gasteiger partial charge in [-0.2, -0.15) is 0 Å². The molecule has 2 aromatic rings. The first kappa shape index (κ1) is 16.5. The molecule has 3 rings (SSSR count). The Morgan fingerprint density at radius 1 is 0.958 bits per heavy atom. The van der Waals surface area contributed by atoms with Gasteiger partial charge < -0.3 is 24.7 Å². The lowest BCUT2D eigenvalue weighted by atomic mass is 9.91. The van der Waals surface area contributed by atoms with E-state index in [1.54, 1.807) is 14.2 Å². The Hall–Kier alpha value is -2.40. The molecule has 1 unspecified atom stereocenters. The highest BCUT2D eigenvalue weighted by Gasteiger charge is 2.17. The molecular weight excluding hydrogens is 306 g/mol. The van der Waals surface area contributed by atoms with Gasteiger partial charge in [0.05, 0.1) is 14.2 Å². The molecule has 2 N–H and O–H groups in total. The third-order valence-corrected chi connectivity index (χ3v) is 4.25. The first-order valence-corrected chi connectivity index (χ1v) is 8.05. The Morgan fingerprint density at radius 3 is 2.42 bits per heavy atom. The number of fused-ring (bicyclic) bond motifs is 1. The predicted molar refractivity (Wildman–Crippen MR) is 92.5 cm³/mol. The molecule has 0 amide bonds. The van der Waals surface area contributed by atoms with Crippen LogP contribution in [-0.2, 0) is 6.42 Å². The van der Waals surface area contributed by atoms with Crippen molar-refractivity contribution in [2.45, 2.75) is 12.3 Å². The summed E-state index contributed by atoms with van der Waals surface area (Å²) in [5.41, 5.74) is 8.32. The molecule has 0 aromatic heterocycles. The van der Waals surface area contributed by atoms with E-state index in [1.165, 1.54) is 5.56 Å². The molecule has 1 aliphatic heterocycles. The van der Waals surface area contributed by atoms with E-state index in [2.05, 4.69) is 6.07 Å². The van der Waals surface area contributed by atoms with Gasteiger partial charge in [0.25, 0.3) is 0 Å². The fraction of sp³-hybridized carbons (Fsp3) is 0.368. The Morgan fingerprint density at radius 2 is 1.71 bits per heavy atom. The van der Waals surface area contributed by atoms with Crippen molar-refractivity contribution in [3.8, 4) is 23.0 Å². The van der Waals surface area contributed by atoms with Gasteiger partial charge in [0.2, 0.25) is 0 Å². The van der Waals surface area contributed by atoms with Crippen molar-refractivity contribution in [2.24, 2.45) is 5.73 Å². The lowest BCUT2D eigenvalue weighted by molar-refractivity contribution is 0.171. The summed E-state index contributed by atoms with van der Waals surface area (Å²) in [5.74, 6) is 3.24. The van der Waals surface area contributed by atoms with Crippen molar-refractivity contribution in [1.29, 1.82) is 0 Å². The van der Waals surface area contributed by atoms with Crippen LogP contribution in [0.1, 0.15) is 17.0 Å². The zero-order chi connectivity index (χ0) is 16.9. The molecule has 1 aliphatic rings. The first-order valence-electron chi connectivity index (χ1n) is 8.05. The second-order valence-corrected chi connectivity index (χ2v) is 5.73. The number of rotatable bonds is 6. The fourth-order valence-corrected chi connectivity index (χ4v) is 2.94. The number of hydrogen-bond donors (Lipinski definition) is 1. The minimum atomic E-state index is 0.187. The van der Waals surface area contributed by atoms with Crippen LogP contribution < -0.4 is 24.7 Å². The third kappa shape index (κ3) is 3.41. The van der Waals surface area contributed by atoms with Crippen LogP contribution in [0.3, 0.4) is 0 Å². The Kier molecular flexibility index (Phi) is 5.11. The third-order valence-electron chi connectivity index (χ3n) is 4.25. The SMILES string of the molecule is COc1ccc(C(CN)Cc2ccc3c(c2)OCCO3)cc1OC. The molecule has 1 atom stereocenters. The Labute approximate surface area is 142 Å². The predicted octanol–water partition coefficient (Wildman–Crippen LogP) is 2.76. The minimum absolute atomic E-state index is 0.187. The van der Waals surface area contributed by atoms with E-state index >= 15 is 0 Å². The number of methoxy groups -OCH3 is 2. The molecule has 128 valence electrons. The van der Waals surface area contributed by atoms with Gasteiger partial charge in [-0.3, -0.25) is 0 Å². The molecule has 0 bridgehead atoms. The minimum Gasteiger partial charge on any atom is -0.493 e. The maximum absolute atomic E-state index is 6.02. The van der Waals surface area contributed by atoms with Crippen molar-refractivity contribution in [2.75, 3.05) is 34.0 Å². The molecule has 5 heteroatoms. The quantitative estimate of drug-likeness (QED) is 0.883. The molecular formula is C19H23NO4. The summed E-state index contributed by atoms with van der Waals surface area (Å²) in [7, 11) is 3.27. The highest BCUT2D eigenvalue weighted by molar-refractivity contribution is 5.46. The van der Waals surface area contributed by atoms with Crippen molar-refractivity contribution in [3.05, 3.63) is 47.5 Å². The van der Waals surface area contributed by atoms with Crippen molar-refractivity contribution in [3.63, 3.8) is 0 Å². The lowest BCUT2D eigenvalue weighted by Crippen LogP contribution is -2.17. The number of hydrogen-bond acceptors (Lipinski definition) is 5. The highest BCUT2D eigenvalue weighted by Crippen LogP contribution is 2.34. The summed E-state index contributed by atoms with van der Waals surface area (Å²) in [6.07, 6.45) is 0.822. The van der Waals surface area contributed by atoms with E-state index in [0.29, 0.717) is 19.8 Å². The van der Waals surface area contributed by atoms with Crippen molar-refractivity contribution >= 4 is 0 Å². The van der Waals surface area contributed by atoms with Crippen LogP contribution in [0.25, 0.3) is 0 Å². The molecule has 0 saturated carbocycles. The van der Waals surface area contributed by atoms with E-state index in [-0.39, 0.29) is 5.92 Å². The number of ether oxygens (including phenoxy) is 4. The Balaban J connectivity index is 1.82. The number of nitrogens with two attached hydrogens (primary N) is 1. The van der Waals surface area contributed by atoms with Crippen LogP contribution >= 0.6 is 0 Å². The zero-order valence-electron chi connectivity index (χ0n) is 14.1. The maximum atomic E-state index is 6.02. The van der Waals surface area contributed by atoms with E-state index in [1.807, 2.05) is 30.3 Å². The van der Waals surface area contributed by atoms with Gasteiger partial charge in [0.1, 0.15) is 13.2 Å². The van der Waals surface area contributed by atoms with E-state index in [0.717, 1.165) is 35.0 Å². The summed E-state index contributed by atoms with van der Waals surface area (Å²) in [5, 5.41) is 0. The molecule has 24 heavy (non-hydrogen) atoms. The number of benzene rings is 2. The standard InChI is InChI=1S/C19H23NO4/c1-21-16-6-4-14(11-18(16)22-2)15(12-20)9-13-3-5-17-19(10-13)24-8-7-23-17/h3-6,10-11,15H,7-9,12,20H2,1-2H3. The molecule has 0 aliphatic carbocycles. The monoisotopic (exact) mass is 329 g/mol. The normalized spacial score (nSPS) is 14.1. The fourth-order valence-electron chi connectivity index (χ4n) is 2.94. The van der Waals surface area contributed by atoms with Crippen LogP contribution in [-0.4, -0.2) is 34.0 Å². The molecule has 0 fully saturated rings. The van der Waals surface area contributed by atoms with Gasteiger partial charge in [-0.15, -0.1) is 0 Å². The van der Waals surface area contributed by atoms with E-state index in [4.69, 9.17) is 24.7 Å². The lowest BCUT2D eigenvalue weighted by Gasteiger charge is -2.21. The van der Waals surface area contributed by atoms with Crippen LogP contribution in [0.15, 0.2) is 36.4 Å². The van der Waals surface area contributed by atoms with Gasteiger partial charge in [-0.05, 0) is 48.4 Å². The summed E-state index contributed by atoms with van der Waals surface area (Å²) in [6, 6.07) is 12.0. The molecule has 5 nitrogen and oxygen atoms in total. The van der Waals surface area contributed by atoms with E-state index in [9.17, 15) is 0 Å². The average Bonchev–Trinajstić information content (AvgIpc) is 2.65. The van der Waals surface area contributed by atoms with Crippen LogP contribution in [0.5, 0.6) is 23.0 Å². The van der Waals surface area contributed by atoms with Gasteiger partial charge in [0.15, 0.2) is 23.0 Å². The van der Waals surface area contributed by atoms with Gasteiger partial charge in [-0.1, -0.05) is 12.1 Å².